The van der Waals surface area contributed by atoms with Crippen molar-refractivity contribution in [2.24, 2.45) is 5.92 Å². The Morgan fingerprint density at radius 3 is 1.44 bits per heavy atom. The van der Waals surface area contributed by atoms with Crippen molar-refractivity contribution in [3.05, 3.63) is 125 Å². The minimum Gasteiger partial charge on any atom is -0.497 e. The molecule has 0 aliphatic heterocycles. The molecule has 1 aliphatic rings. The number of Topliss-reactive ketones (excluding diaryl/α,β-unsaturated/α-hetero) is 3. The molecule has 0 saturated heterocycles. The molecule has 0 saturated carbocycles. The maximum Gasteiger partial charge on any atom is 0.175 e. The van der Waals surface area contributed by atoms with E-state index in [1.165, 1.54) is 0 Å². The van der Waals surface area contributed by atoms with Crippen LogP contribution >= 0.6 is 0 Å². The zero-order chi connectivity index (χ0) is 27.5. The maximum atomic E-state index is 14.4. The molecule has 0 amide bonds. The first-order valence-corrected chi connectivity index (χ1v) is 12.6. The highest BCUT2D eigenvalue weighted by Gasteiger charge is 2.48. The minimum atomic E-state index is -1.06. The van der Waals surface area contributed by atoms with E-state index in [0.29, 0.717) is 45.1 Å². The first-order chi connectivity index (χ1) is 19.0. The second-order valence-corrected chi connectivity index (χ2v) is 9.39. The third kappa shape index (κ3) is 4.81. The fourth-order valence-electron chi connectivity index (χ4n) is 5.36. The number of fused-ring (bicyclic) bond motifs is 1. The summed E-state index contributed by atoms with van der Waals surface area (Å²) in [7, 11) is 4.70. The number of benzene rings is 4. The van der Waals surface area contributed by atoms with Crippen LogP contribution < -0.4 is 14.2 Å². The molecule has 6 nitrogen and oxygen atoms in total. The lowest BCUT2D eigenvalue weighted by Crippen LogP contribution is -2.32. The second kappa shape index (κ2) is 11.0. The highest BCUT2D eigenvalue weighted by atomic mass is 16.5. The summed E-state index contributed by atoms with van der Waals surface area (Å²) in [5.74, 6) is -1.56. The van der Waals surface area contributed by atoms with Gasteiger partial charge in [0.2, 0.25) is 0 Å². The third-order valence-corrected chi connectivity index (χ3v) is 7.37. The quantitative estimate of drug-likeness (QED) is 0.194. The molecule has 0 unspecified atom stereocenters. The van der Waals surface area contributed by atoms with E-state index in [-0.39, 0.29) is 17.3 Å². The van der Waals surface area contributed by atoms with Crippen LogP contribution in [0.5, 0.6) is 17.2 Å². The number of rotatable bonds is 9. The molecule has 0 spiro atoms. The Labute approximate surface area is 227 Å². The summed E-state index contributed by atoms with van der Waals surface area (Å²) in [5, 5.41) is 0. The average Bonchev–Trinajstić information content (AvgIpc) is 3.25. The zero-order valence-corrected chi connectivity index (χ0v) is 21.9. The summed E-state index contributed by atoms with van der Waals surface area (Å²) in [5.41, 5.74) is 2.59. The van der Waals surface area contributed by atoms with Crippen LogP contribution in [0.1, 0.15) is 54.0 Å². The number of carbonyl (C=O) groups excluding carboxylic acids is 3. The van der Waals surface area contributed by atoms with Gasteiger partial charge in [-0.25, -0.2) is 0 Å². The van der Waals surface area contributed by atoms with E-state index in [1.54, 1.807) is 94.1 Å². The van der Waals surface area contributed by atoms with Gasteiger partial charge in [0.15, 0.2) is 17.3 Å². The van der Waals surface area contributed by atoms with Gasteiger partial charge in [-0.3, -0.25) is 14.4 Å². The Bertz CT molecular complexity index is 1470. The van der Waals surface area contributed by atoms with Crippen LogP contribution in [0.4, 0.5) is 0 Å². The minimum absolute atomic E-state index is 0.208. The van der Waals surface area contributed by atoms with Gasteiger partial charge < -0.3 is 14.2 Å². The van der Waals surface area contributed by atoms with Crippen molar-refractivity contribution in [2.75, 3.05) is 21.3 Å². The van der Waals surface area contributed by atoms with Crippen molar-refractivity contribution in [1.29, 1.82) is 0 Å². The van der Waals surface area contributed by atoms with Gasteiger partial charge in [0.25, 0.3) is 0 Å². The summed E-state index contributed by atoms with van der Waals surface area (Å²) in [6.45, 7) is 0. The van der Waals surface area contributed by atoms with Crippen LogP contribution in [0.25, 0.3) is 0 Å². The Morgan fingerprint density at radius 2 is 1.00 bits per heavy atom. The summed E-state index contributed by atoms with van der Waals surface area (Å²) in [6.07, 6.45) is 0. The molecule has 6 heteroatoms. The largest absolute Gasteiger partial charge is 0.497 e. The molecule has 0 N–H and O–H groups in total. The lowest BCUT2D eigenvalue weighted by molar-refractivity contribution is 0.0788. The predicted octanol–water partition coefficient (Wildman–Crippen LogP) is 6.16. The van der Waals surface area contributed by atoms with Crippen LogP contribution in [0.2, 0.25) is 0 Å². The van der Waals surface area contributed by atoms with Gasteiger partial charge in [0.05, 0.1) is 33.2 Å². The molecule has 2 atom stereocenters. The number of carbonyl (C=O) groups is 3. The van der Waals surface area contributed by atoms with Crippen LogP contribution in [0.15, 0.2) is 97.1 Å². The van der Waals surface area contributed by atoms with Gasteiger partial charge in [-0.1, -0.05) is 48.5 Å². The number of ether oxygens (including phenoxy) is 3. The molecule has 4 aromatic carbocycles. The normalized spacial score (nSPS) is 14.4. The molecule has 0 fully saturated rings. The first-order valence-electron chi connectivity index (χ1n) is 12.6. The van der Waals surface area contributed by atoms with E-state index in [4.69, 9.17) is 14.2 Å². The van der Waals surface area contributed by atoms with E-state index in [0.717, 1.165) is 0 Å². The van der Waals surface area contributed by atoms with Crippen LogP contribution in [0, 0.1) is 5.92 Å². The van der Waals surface area contributed by atoms with Gasteiger partial charge in [-0.05, 0) is 59.7 Å². The van der Waals surface area contributed by atoms with Gasteiger partial charge >= 0.3 is 0 Å². The Hall–Kier alpha value is -4.71. The SMILES string of the molecule is COc1ccc(C(=O)[C@H](c2ccc(OC)cc2)[C@@H](c2ccc(OC)cc2)C2C(=O)c3ccccc3C2=O)cc1. The Balaban J connectivity index is 1.71. The van der Waals surface area contributed by atoms with E-state index >= 15 is 0 Å². The van der Waals surface area contributed by atoms with Crippen molar-refractivity contribution in [3.8, 4) is 17.2 Å². The van der Waals surface area contributed by atoms with Crippen molar-refractivity contribution in [3.63, 3.8) is 0 Å². The summed E-state index contributed by atoms with van der Waals surface area (Å²) >= 11 is 0. The smallest absolute Gasteiger partial charge is 0.175 e. The molecular weight excluding hydrogens is 492 g/mol. The van der Waals surface area contributed by atoms with Crippen molar-refractivity contribution >= 4 is 17.3 Å². The molecule has 5 rings (SSSR count). The first kappa shape index (κ1) is 25.9. The Kier molecular flexibility index (Phi) is 7.28. The highest BCUT2D eigenvalue weighted by molar-refractivity contribution is 6.27. The standard InChI is InChI=1S/C33H28O6/c1-37-23-14-8-20(9-15-23)28(30-32(35)26-6-4-5-7-27(26)33(30)36)29(21-10-16-24(38-2)17-11-21)31(34)22-12-18-25(39-3)19-13-22/h4-19,28-30H,1-3H3/t28-,29-/m1/s1. The molecule has 0 aromatic heterocycles. The topological polar surface area (TPSA) is 78.9 Å². The highest BCUT2D eigenvalue weighted by Crippen LogP contribution is 2.46. The van der Waals surface area contributed by atoms with E-state index < -0.39 is 17.8 Å². The fourth-order valence-corrected chi connectivity index (χ4v) is 5.36. The number of hydrogen-bond donors (Lipinski definition) is 0. The molecule has 0 bridgehead atoms. The summed E-state index contributed by atoms with van der Waals surface area (Å²) in [6, 6.07) is 28.1. The zero-order valence-electron chi connectivity index (χ0n) is 21.9. The van der Waals surface area contributed by atoms with Gasteiger partial charge in [0.1, 0.15) is 17.2 Å². The summed E-state index contributed by atoms with van der Waals surface area (Å²) in [4.78, 5) is 42.0. The molecule has 39 heavy (non-hydrogen) atoms. The Morgan fingerprint density at radius 1 is 0.590 bits per heavy atom. The lowest BCUT2D eigenvalue weighted by Gasteiger charge is -2.31. The molecule has 4 aromatic rings. The number of methoxy groups -OCH3 is 3. The van der Waals surface area contributed by atoms with Crippen LogP contribution in [0.3, 0.4) is 0 Å². The molecular formula is C33H28O6. The van der Waals surface area contributed by atoms with E-state index in [1.807, 2.05) is 24.3 Å². The van der Waals surface area contributed by atoms with Crippen LogP contribution in [-0.4, -0.2) is 38.7 Å². The van der Waals surface area contributed by atoms with Crippen molar-refractivity contribution < 1.29 is 28.6 Å². The lowest BCUT2D eigenvalue weighted by atomic mass is 9.69. The van der Waals surface area contributed by atoms with Gasteiger partial charge in [-0.2, -0.15) is 0 Å². The molecule has 0 heterocycles. The fraction of sp³-hybridized carbons (Fsp3) is 0.182. The maximum absolute atomic E-state index is 14.4. The molecule has 196 valence electrons. The average molecular weight is 521 g/mol. The van der Waals surface area contributed by atoms with Crippen LogP contribution in [-0.2, 0) is 0 Å². The van der Waals surface area contributed by atoms with Crippen molar-refractivity contribution in [1.82, 2.24) is 0 Å². The molecule has 0 radical (unpaired) electrons. The summed E-state index contributed by atoms with van der Waals surface area (Å²) < 4.78 is 16.0. The monoisotopic (exact) mass is 520 g/mol. The van der Waals surface area contributed by atoms with Gasteiger partial charge in [0, 0.05) is 22.6 Å². The van der Waals surface area contributed by atoms with Crippen molar-refractivity contribution in [2.45, 2.75) is 11.8 Å². The predicted molar refractivity (Wildman–Crippen MR) is 147 cm³/mol. The molecule has 1 aliphatic carbocycles. The van der Waals surface area contributed by atoms with E-state index in [9.17, 15) is 14.4 Å². The third-order valence-electron chi connectivity index (χ3n) is 7.37. The second-order valence-electron chi connectivity index (χ2n) is 9.39. The number of hydrogen-bond acceptors (Lipinski definition) is 6. The number of ketones is 3. The van der Waals surface area contributed by atoms with E-state index in [2.05, 4.69) is 0 Å². The van der Waals surface area contributed by atoms with Gasteiger partial charge in [-0.15, -0.1) is 0 Å².